The molecular weight excluding hydrogens is 474 g/mol. The lowest BCUT2D eigenvalue weighted by Crippen LogP contribution is -2.46. The highest BCUT2D eigenvalue weighted by Gasteiger charge is 2.26. The average Bonchev–Trinajstić information content (AvgIpc) is 3.42. The number of nitrogens with zero attached hydrogens (tertiary/aromatic N) is 6. The van der Waals surface area contributed by atoms with Gasteiger partial charge in [0.15, 0.2) is 0 Å². The Hall–Kier alpha value is -3.86. The van der Waals surface area contributed by atoms with Crippen LogP contribution >= 0.6 is 11.8 Å². The van der Waals surface area contributed by atoms with Crippen molar-refractivity contribution >= 4 is 24.0 Å². The quantitative estimate of drug-likeness (QED) is 0.378. The summed E-state index contributed by atoms with van der Waals surface area (Å²) < 4.78 is 4.94. The fraction of sp³-hybridized carbons (Fsp3) is 0.346. The first kappa shape index (κ1) is 26.7. The Bertz CT molecular complexity index is 1210. The number of piperazine rings is 1. The lowest BCUT2D eigenvalue weighted by atomic mass is 10.0. The van der Waals surface area contributed by atoms with E-state index in [-0.39, 0.29) is 11.7 Å². The Labute approximate surface area is 215 Å². The first-order chi connectivity index (χ1) is 17.6. The summed E-state index contributed by atoms with van der Waals surface area (Å²) in [4.78, 5) is 18.0. The number of thioether (sulfide) groups is 1. The molecule has 0 spiro atoms. The first-order valence-electron chi connectivity index (χ1n) is 11.7. The lowest BCUT2D eigenvalue weighted by molar-refractivity contribution is -0.106. The minimum Gasteiger partial charge on any atom is -0.372 e. The molecule has 1 aliphatic heterocycles. The highest BCUT2D eigenvalue weighted by atomic mass is 32.2. The van der Waals surface area contributed by atoms with Crippen molar-refractivity contribution in [1.29, 1.82) is 10.5 Å². The number of benzene rings is 1. The van der Waals surface area contributed by atoms with Crippen LogP contribution in [0.4, 0.5) is 5.82 Å². The van der Waals surface area contributed by atoms with E-state index in [2.05, 4.69) is 51.9 Å². The maximum Gasteiger partial charge on any atom is 0.204 e. The largest absolute Gasteiger partial charge is 0.372 e. The highest BCUT2D eigenvalue weighted by Crippen LogP contribution is 2.39. The molecule has 4 rings (SSSR count). The summed E-state index contributed by atoms with van der Waals surface area (Å²) in [6, 6.07) is 16.8. The maximum absolute atomic E-state index is 9.99. The normalized spacial score (nSPS) is 14.2. The molecule has 3 heterocycles. The van der Waals surface area contributed by atoms with Gasteiger partial charge in [-0.2, -0.15) is 10.5 Å². The Morgan fingerprint density at radius 1 is 1.14 bits per heavy atom. The summed E-state index contributed by atoms with van der Waals surface area (Å²) in [5, 5.41) is 24.8. The molecule has 1 atom stereocenters. The number of hydrogen-bond donors (Lipinski definition) is 1. The molecule has 186 valence electrons. The molecule has 0 bridgehead atoms. The van der Waals surface area contributed by atoms with E-state index in [0.29, 0.717) is 28.4 Å². The van der Waals surface area contributed by atoms with Gasteiger partial charge in [0, 0.05) is 44.0 Å². The number of aromatic nitrogens is 2. The second-order valence-electron chi connectivity index (χ2n) is 8.11. The van der Waals surface area contributed by atoms with Gasteiger partial charge in [-0.15, -0.1) is 0 Å². The van der Waals surface area contributed by atoms with Crippen LogP contribution in [0, 0.1) is 22.7 Å². The fourth-order valence-electron chi connectivity index (χ4n) is 4.12. The number of pyridine rings is 1. The van der Waals surface area contributed by atoms with E-state index in [0.717, 1.165) is 44.0 Å². The molecular formula is C26H29N7O2S. The molecule has 1 unspecified atom stereocenters. The van der Waals surface area contributed by atoms with Gasteiger partial charge >= 0.3 is 0 Å². The van der Waals surface area contributed by atoms with Gasteiger partial charge in [0.25, 0.3) is 0 Å². The van der Waals surface area contributed by atoms with Gasteiger partial charge in [0.1, 0.15) is 29.2 Å². The zero-order valence-electron chi connectivity index (χ0n) is 20.4. The van der Waals surface area contributed by atoms with Gasteiger partial charge < -0.3 is 15.2 Å². The number of primary amides is 1. The maximum atomic E-state index is 9.99. The Balaban J connectivity index is 0.00000115. The summed E-state index contributed by atoms with van der Waals surface area (Å²) in [6.07, 6.45) is 2.45. The van der Waals surface area contributed by atoms with Crippen molar-refractivity contribution in [3.8, 4) is 12.1 Å². The molecule has 1 fully saturated rings. The molecule has 0 aliphatic carbocycles. The molecule has 10 heteroatoms. The van der Waals surface area contributed by atoms with Gasteiger partial charge in [-0.25, -0.2) is 4.98 Å². The van der Waals surface area contributed by atoms with Gasteiger partial charge in [-0.1, -0.05) is 54.2 Å². The van der Waals surface area contributed by atoms with Crippen molar-refractivity contribution in [3.05, 3.63) is 70.6 Å². The minimum atomic E-state index is 0.135. The molecule has 1 amide bonds. The molecule has 9 nitrogen and oxygen atoms in total. The van der Waals surface area contributed by atoms with E-state index in [9.17, 15) is 10.5 Å². The molecule has 1 aromatic carbocycles. The van der Waals surface area contributed by atoms with Gasteiger partial charge in [-0.05, 0) is 24.5 Å². The first-order valence-corrected chi connectivity index (χ1v) is 12.5. The number of carbonyl (C=O) groups excluding carboxylic acids is 1. The van der Waals surface area contributed by atoms with Crippen molar-refractivity contribution in [2.24, 2.45) is 5.73 Å². The van der Waals surface area contributed by atoms with Crippen LogP contribution in [0.1, 0.15) is 47.0 Å². The predicted molar refractivity (Wildman–Crippen MR) is 138 cm³/mol. The van der Waals surface area contributed by atoms with Crippen molar-refractivity contribution in [1.82, 2.24) is 15.0 Å². The van der Waals surface area contributed by atoms with Crippen molar-refractivity contribution in [2.75, 3.05) is 31.1 Å². The number of rotatable bonds is 7. The van der Waals surface area contributed by atoms with Crippen molar-refractivity contribution in [3.63, 3.8) is 0 Å². The SMILES string of the molecule is CCc1c(C#N)c(SC(C)c2ccccc2)nc(N2CCN(Cc3ccon3)CC2)c1C#N.NC=O. The van der Waals surface area contributed by atoms with Crippen LogP contribution in [0.15, 0.2) is 52.2 Å². The summed E-state index contributed by atoms with van der Waals surface area (Å²) >= 11 is 1.58. The van der Waals surface area contributed by atoms with Crippen molar-refractivity contribution < 1.29 is 9.32 Å². The molecule has 2 N–H and O–H groups in total. The second kappa shape index (κ2) is 13.3. The third-order valence-electron chi connectivity index (χ3n) is 5.93. The number of hydrogen-bond acceptors (Lipinski definition) is 9. The fourth-order valence-corrected chi connectivity index (χ4v) is 5.18. The number of nitriles is 2. The van der Waals surface area contributed by atoms with Crippen LogP contribution in [0.3, 0.4) is 0 Å². The predicted octanol–water partition coefficient (Wildman–Crippen LogP) is 3.65. The molecule has 2 aromatic heterocycles. The number of amides is 1. The van der Waals surface area contributed by atoms with Gasteiger partial charge in [0.05, 0.1) is 16.8 Å². The second-order valence-corrected chi connectivity index (χ2v) is 9.44. The summed E-state index contributed by atoms with van der Waals surface area (Å²) in [7, 11) is 0. The van der Waals surface area contributed by atoms with Crippen LogP contribution in [-0.4, -0.2) is 47.6 Å². The molecule has 0 saturated carbocycles. The van der Waals surface area contributed by atoms with E-state index < -0.39 is 0 Å². The Kier molecular flexibility index (Phi) is 9.87. The summed E-state index contributed by atoms with van der Waals surface area (Å²) in [5.41, 5.74) is 8.10. The van der Waals surface area contributed by atoms with Gasteiger partial charge in [0.2, 0.25) is 6.41 Å². The van der Waals surface area contributed by atoms with E-state index in [1.54, 1.807) is 18.0 Å². The van der Waals surface area contributed by atoms with E-state index >= 15 is 0 Å². The number of carbonyl (C=O) groups is 1. The minimum absolute atomic E-state index is 0.135. The monoisotopic (exact) mass is 503 g/mol. The van der Waals surface area contributed by atoms with Gasteiger partial charge in [-0.3, -0.25) is 9.69 Å². The number of nitrogens with two attached hydrogens (primary N) is 1. The topological polar surface area (TPSA) is 136 Å². The van der Waals surface area contributed by atoms with E-state index in [1.165, 1.54) is 5.56 Å². The van der Waals surface area contributed by atoms with Crippen LogP contribution in [0.2, 0.25) is 0 Å². The zero-order chi connectivity index (χ0) is 25.9. The van der Waals surface area contributed by atoms with Crippen LogP contribution in [-0.2, 0) is 17.8 Å². The van der Waals surface area contributed by atoms with E-state index in [4.69, 9.17) is 14.3 Å². The third kappa shape index (κ3) is 6.42. The molecule has 36 heavy (non-hydrogen) atoms. The van der Waals surface area contributed by atoms with Crippen LogP contribution < -0.4 is 10.6 Å². The van der Waals surface area contributed by atoms with E-state index in [1.807, 2.05) is 31.2 Å². The number of anilines is 1. The molecule has 1 saturated heterocycles. The standard InChI is InChI=1S/C25H26N6OS.CH3NO/c1-3-21-22(15-26)24(31-12-10-30(11-13-31)17-20-9-14-32-29-20)28-25(23(21)16-27)33-18(2)19-7-5-4-6-8-19;2-1-3/h4-9,14,18H,3,10-13,17H2,1-2H3;1H,(H2,2,3). The van der Waals surface area contributed by atoms with Crippen LogP contribution in [0.5, 0.6) is 0 Å². The summed E-state index contributed by atoms with van der Waals surface area (Å²) in [6.45, 7) is 8.04. The summed E-state index contributed by atoms with van der Waals surface area (Å²) in [5.74, 6) is 0.692. The highest BCUT2D eigenvalue weighted by molar-refractivity contribution is 7.99. The van der Waals surface area contributed by atoms with Crippen LogP contribution in [0.25, 0.3) is 0 Å². The average molecular weight is 504 g/mol. The Morgan fingerprint density at radius 3 is 2.36 bits per heavy atom. The molecule has 1 aliphatic rings. The molecule has 3 aromatic rings. The smallest absolute Gasteiger partial charge is 0.204 e. The van der Waals surface area contributed by atoms with Crippen molar-refractivity contribution in [2.45, 2.75) is 37.1 Å². The molecule has 0 radical (unpaired) electrons. The Morgan fingerprint density at radius 2 is 1.81 bits per heavy atom. The third-order valence-corrected chi connectivity index (χ3v) is 7.08. The lowest BCUT2D eigenvalue weighted by Gasteiger charge is -2.36. The zero-order valence-corrected chi connectivity index (χ0v) is 21.2.